The highest BCUT2D eigenvalue weighted by Crippen LogP contribution is 2.03. The van der Waals surface area contributed by atoms with Crippen molar-refractivity contribution < 1.29 is 9.86 Å². The van der Waals surface area contributed by atoms with E-state index in [4.69, 9.17) is 11.6 Å². The third kappa shape index (κ3) is 1.01. The first-order valence-electron chi connectivity index (χ1n) is 2.20. The van der Waals surface area contributed by atoms with E-state index in [1.165, 1.54) is 0 Å². The van der Waals surface area contributed by atoms with E-state index in [-0.39, 0.29) is 11.1 Å². The average molecular weight is 137 g/mol. The summed E-state index contributed by atoms with van der Waals surface area (Å²) >= 11 is 5.32. The van der Waals surface area contributed by atoms with Crippen molar-refractivity contribution in [2.24, 2.45) is 5.11 Å². The van der Waals surface area contributed by atoms with Crippen LogP contribution in [0.3, 0.4) is 0 Å². The predicted octanol–water partition coefficient (Wildman–Crippen LogP) is 0.501. The summed E-state index contributed by atoms with van der Waals surface area (Å²) in [6.45, 7) is 0.382. The highest BCUT2D eigenvalue weighted by molar-refractivity contribution is 6.18. The molecule has 0 spiro atoms. The minimum Gasteiger partial charge on any atom is -0.374 e. The van der Waals surface area contributed by atoms with Gasteiger partial charge in [0.1, 0.15) is 12.6 Å². The lowest BCUT2D eigenvalue weighted by Gasteiger charge is -2.01. The molecular weight excluding hydrogens is 131 g/mol. The number of hydrogen-bond donors (Lipinski definition) is 0. The minimum absolute atomic E-state index is 0.201. The molecule has 0 aromatic rings. The van der Waals surface area contributed by atoms with Crippen LogP contribution in [0.1, 0.15) is 0 Å². The molecule has 0 radical (unpaired) electrons. The van der Waals surface area contributed by atoms with Gasteiger partial charge in [0.25, 0.3) is 0 Å². The summed E-state index contributed by atoms with van der Waals surface area (Å²) in [5.74, 6) is 0.322. The Labute approximate surface area is 51.2 Å². The molecule has 0 N–H and O–H groups in total. The largest absolute Gasteiger partial charge is 0.374 e. The van der Waals surface area contributed by atoms with Crippen molar-refractivity contribution in [1.82, 2.24) is 0 Å². The number of nitrogens with zero attached hydrogens (tertiary/aromatic N) is 2. The van der Waals surface area contributed by atoms with E-state index in [0.29, 0.717) is 12.4 Å². The van der Waals surface area contributed by atoms with E-state index >= 15 is 0 Å². The summed E-state index contributed by atoms with van der Waals surface area (Å²) in [6.07, 6.45) is -0.214. The second-order valence-corrected chi connectivity index (χ2v) is 1.75. The van der Waals surface area contributed by atoms with Crippen LogP contribution in [0.4, 0.5) is 0 Å². The molecule has 0 amide bonds. The highest BCUT2D eigenvalue weighted by atomic mass is 35.5. The first-order valence-corrected chi connectivity index (χ1v) is 2.74. The third-order valence-electron chi connectivity index (χ3n) is 0.812. The molecule has 0 saturated heterocycles. The lowest BCUT2D eigenvalue weighted by Crippen LogP contribution is -2.13. The highest BCUT2D eigenvalue weighted by Gasteiger charge is 2.16. The predicted molar refractivity (Wildman–Crippen MR) is 26.5 cm³/mol. The first kappa shape index (κ1) is 5.62. The van der Waals surface area contributed by atoms with Crippen molar-refractivity contribution in [3.63, 3.8) is 0 Å². The molecule has 0 aliphatic carbocycles. The van der Waals surface area contributed by atoms with Crippen molar-refractivity contribution in [2.45, 2.75) is 6.10 Å². The Balaban J connectivity index is 2.32. The van der Waals surface area contributed by atoms with Gasteiger partial charge in [-0.2, -0.15) is 0 Å². The molecule has 1 rings (SSSR count). The number of rotatable bonds is 1. The zero-order valence-corrected chi connectivity index (χ0v) is 4.84. The maximum atomic E-state index is 10.1. The van der Waals surface area contributed by atoms with Crippen molar-refractivity contribution >= 4 is 11.6 Å². The molecular formula is C3H5ClN2O2. The molecule has 46 valence electrons. The lowest BCUT2D eigenvalue weighted by molar-refractivity contribution is -0.780. The fourth-order valence-electron chi connectivity index (χ4n) is 0.429. The van der Waals surface area contributed by atoms with Crippen molar-refractivity contribution in [3.05, 3.63) is 5.21 Å². The number of hydrogen-bond acceptors (Lipinski definition) is 3. The Morgan fingerprint density at radius 1 is 2.00 bits per heavy atom. The summed E-state index contributed by atoms with van der Waals surface area (Å²) in [5, 5.41) is 13.6. The molecule has 0 aromatic carbocycles. The molecule has 0 aromatic heterocycles. The zero-order chi connectivity index (χ0) is 5.98. The van der Waals surface area contributed by atoms with Gasteiger partial charge in [-0.15, -0.1) is 11.6 Å². The topological polar surface area (TPSA) is 47.7 Å². The van der Waals surface area contributed by atoms with E-state index < -0.39 is 0 Å². The molecule has 0 saturated carbocycles. The van der Waals surface area contributed by atoms with Crippen LogP contribution in [0.5, 0.6) is 0 Å². The first-order chi connectivity index (χ1) is 3.83. The summed E-state index contributed by atoms with van der Waals surface area (Å²) in [6, 6.07) is 0. The maximum Gasteiger partial charge on any atom is 0.169 e. The number of alkyl halides is 1. The molecule has 0 fully saturated rings. The molecule has 4 nitrogen and oxygen atoms in total. The SMILES string of the molecule is [O-][N+]1=NCC(CCl)O1. The van der Waals surface area contributed by atoms with Crippen LogP contribution in [-0.4, -0.2) is 23.6 Å². The van der Waals surface area contributed by atoms with Crippen molar-refractivity contribution in [3.8, 4) is 0 Å². The van der Waals surface area contributed by atoms with Crippen LogP contribution < -0.4 is 0 Å². The zero-order valence-electron chi connectivity index (χ0n) is 4.08. The molecule has 1 heterocycles. The smallest absolute Gasteiger partial charge is 0.169 e. The van der Waals surface area contributed by atoms with Gasteiger partial charge in [-0.3, -0.25) is 0 Å². The Bertz CT molecular complexity index is 116. The van der Waals surface area contributed by atoms with E-state index in [2.05, 4.69) is 9.95 Å². The van der Waals surface area contributed by atoms with E-state index in [9.17, 15) is 5.21 Å². The Morgan fingerprint density at radius 3 is 3.00 bits per heavy atom. The van der Waals surface area contributed by atoms with Crippen LogP contribution in [0.15, 0.2) is 5.11 Å². The fraction of sp³-hybridized carbons (Fsp3) is 1.00. The summed E-state index contributed by atoms with van der Waals surface area (Å²) in [7, 11) is 0. The van der Waals surface area contributed by atoms with E-state index in [1.54, 1.807) is 0 Å². The van der Waals surface area contributed by atoms with Gasteiger partial charge in [0.05, 0.1) is 0 Å². The van der Waals surface area contributed by atoms with Gasteiger partial charge in [-0.25, -0.2) is 5.21 Å². The molecule has 0 bridgehead atoms. The van der Waals surface area contributed by atoms with Gasteiger partial charge < -0.3 is 4.84 Å². The second kappa shape index (κ2) is 2.17. The van der Waals surface area contributed by atoms with Gasteiger partial charge in [-0.05, 0) is 0 Å². The molecule has 5 heteroatoms. The fourth-order valence-corrected chi connectivity index (χ4v) is 0.583. The quantitative estimate of drug-likeness (QED) is 0.389. The Morgan fingerprint density at radius 2 is 2.75 bits per heavy atom. The van der Waals surface area contributed by atoms with Crippen LogP contribution in [-0.2, 0) is 4.84 Å². The average Bonchev–Trinajstić information content (AvgIpc) is 2.14. The van der Waals surface area contributed by atoms with Crippen molar-refractivity contribution in [2.75, 3.05) is 12.4 Å². The van der Waals surface area contributed by atoms with Gasteiger partial charge in [-0.1, -0.05) is 0 Å². The second-order valence-electron chi connectivity index (χ2n) is 1.44. The molecule has 8 heavy (non-hydrogen) atoms. The monoisotopic (exact) mass is 136 g/mol. The Hall–Kier alpha value is -0.510. The Kier molecular flexibility index (Phi) is 1.53. The normalized spacial score (nSPS) is 27.1. The summed E-state index contributed by atoms with van der Waals surface area (Å²) < 4.78 is 0. The van der Waals surface area contributed by atoms with Gasteiger partial charge in [0, 0.05) is 11.0 Å². The van der Waals surface area contributed by atoms with Gasteiger partial charge >= 0.3 is 0 Å². The van der Waals surface area contributed by atoms with Crippen LogP contribution in [0.25, 0.3) is 0 Å². The van der Waals surface area contributed by atoms with Crippen LogP contribution in [0.2, 0.25) is 0 Å². The molecule has 1 atom stereocenters. The summed E-state index contributed by atoms with van der Waals surface area (Å²) in [5.41, 5.74) is 0. The molecule has 1 aliphatic heterocycles. The molecule has 1 unspecified atom stereocenters. The maximum absolute atomic E-state index is 10.1. The lowest BCUT2D eigenvalue weighted by atomic mass is 10.4. The van der Waals surface area contributed by atoms with Crippen LogP contribution >= 0.6 is 11.6 Å². The molecule has 1 aliphatic rings. The summed E-state index contributed by atoms with van der Waals surface area (Å²) in [4.78, 5) is 4.49. The third-order valence-corrected chi connectivity index (χ3v) is 1.16. The van der Waals surface area contributed by atoms with E-state index in [0.717, 1.165) is 0 Å². The van der Waals surface area contributed by atoms with Crippen LogP contribution in [0, 0.1) is 5.21 Å². The van der Waals surface area contributed by atoms with Gasteiger partial charge in [0.15, 0.2) is 5.02 Å². The minimum atomic E-state index is -0.214. The van der Waals surface area contributed by atoms with E-state index in [1.807, 2.05) is 0 Å². The van der Waals surface area contributed by atoms with Crippen molar-refractivity contribution in [1.29, 1.82) is 0 Å². The standard InChI is InChI=1S/C3H5ClN2O2/c4-1-3-2-5-6(7)8-3/h3H,1-2H2. The van der Waals surface area contributed by atoms with Gasteiger partial charge in [0.2, 0.25) is 0 Å². The number of halogens is 1.